The Morgan fingerprint density at radius 2 is 1.75 bits per heavy atom. The molecule has 0 N–H and O–H groups in total. The van der Waals surface area contributed by atoms with Gasteiger partial charge in [0.05, 0.1) is 6.54 Å². The first-order valence-electron chi connectivity index (χ1n) is 6.16. The van der Waals surface area contributed by atoms with Gasteiger partial charge in [0.2, 0.25) is 0 Å². The number of rotatable bonds is 1. The number of anilines is 1. The fourth-order valence-corrected chi connectivity index (χ4v) is 2.35. The minimum absolute atomic E-state index is 0.0233. The van der Waals surface area contributed by atoms with Gasteiger partial charge in [-0.25, -0.2) is 13.2 Å². The first kappa shape index (κ1) is 12.8. The second kappa shape index (κ2) is 4.74. The molecule has 0 radical (unpaired) electrons. The van der Waals surface area contributed by atoms with E-state index in [-0.39, 0.29) is 19.0 Å². The molecule has 3 rings (SSSR count). The zero-order valence-electron chi connectivity index (χ0n) is 10.8. The van der Waals surface area contributed by atoms with Gasteiger partial charge in [-0.15, -0.1) is 0 Å². The maximum atomic E-state index is 13.9. The van der Waals surface area contributed by atoms with Crippen molar-refractivity contribution in [1.29, 1.82) is 0 Å². The van der Waals surface area contributed by atoms with Crippen LogP contribution in [0.5, 0.6) is 5.75 Å². The molecule has 2 aromatic carbocycles. The second-order valence-corrected chi connectivity index (χ2v) is 4.80. The number of hydrogen-bond donors (Lipinski definition) is 0. The van der Waals surface area contributed by atoms with Gasteiger partial charge in [-0.3, -0.25) is 0 Å². The summed E-state index contributed by atoms with van der Waals surface area (Å²) >= 11 is 0. The normalized spacial score (nSPS) is 13.9. The Bertz CT molecular complexity index is 649. The molecule has 0 aromatic heterocycles. The molecule has 104 valence electrons. The van der Waals surface area contributed by atoms with Crippen LogP contribution in [0.25, 0.3) is 0 Å². The molecule has 5 heteroatoms. The molecule has 0 fully saturated rings. The van der Waals surface area contributed by atoms with Crippen LogP contribution in [0, 0.1) is 24.4 Å². The van der Waals surface area contributed by atoms with Gasteiger partial charge >= 0.3 is 0 Å². The van der Waals surface area contributed by atoms with E-state index < -0.39 is 17.5 Å². The topological polar surface area (TPSA) is 12.5 Å². The van der Waals surface area contributed by atoms with Crippen molar-refractivity contribution in [3.63, 3.8) is 0 Å². The summed E-state index contributed by atoms with van der Waals surface area (Å²) in [6.07, 6.45) is 0. The summed E-state index contributed by atoms with van der Waals surface area (Å²) in [6.45, 7) is 1.84. The minimum atomic E-state index is -0.647. The van der Waals surface area contributed by atoms with E-state index in [9.17, 15) is 13.2 Å². The van der Waals surface area contributed by atoms with E-state index in [1.165, 1.54) is 35.2 Å². The third kappa shape index (κ3) is 2.19. The minimum Gasteiger partial charge on any atom is -0.473 e. The molecule has 1 aliphatic rings. The van der Waals surface area contributed by atoms with Gasteiger partial charge in [0.25, 0.3) is 0 Å². The fraction of sp³-hybridized carbons (Fsp3) is 0.200. The molecule has 0 saturated carbocycles. The molecule has 0 unspecified atom stereocenters. The van der Waals surface area contributed by atoms with Gasteiger partial charge in [-0.1, -0.05) is 0 Å². The standard InChI is InChI=1S/C15H12F3NO/c1-9-4-12(17)15(13(18)5-9)19-7-10-6-11(16)2-3-14(10)20-8-19/h2-6H,7-8H2,1H3. The summed E-state index contributed by atoms with van der Waals surface area (Å²) in [6, 6.07) is 6.65. The van der Waals surface area contributed by atoms with E-state index >= 15 is 0 Å². The average molecular weight is 279 g/mol. The van der Waals surface area contributed by atoms with Crippen molar-refractivity contribution < 1.29 is 17.9 Å². The average Bonchev–Trinajstić information content (AvgIpc) is 2.37. The molecule has 0 amide bonds. The van der Waals surface area contributed by atoms with Crippen molar-refractivity contribution in [2.75, 3.05) is 11.6 Å². The van der Waals surface area contributed by atoms with Crippen LogP contribution in [0.4, 0.5) is 18.9 Å². The highest BCUT2D eigenvalue weighted by Gasteiger charge is 2.23. The lowest BCUT2D eigenvalue weighted by Gasteiger charge is -2.31. The lowest BCUT2D eigenvalue weighted by molar-refractivity contribution is 0.285. The highest BCUT2D eigenvalue weighted by atomic mass is 19.1. The summed E-state index contributed by atoms with van der Waals surface area (Å²) in [4.78, 5) is 1.41. The van der Waals surface area contributed by atoms with Crippen molar-refractivity contribution >= 4 is 5.69 Å². The van der Waals surface area contributed by atoms with E-state index in [1.807, 2.05) is 0 Å². The third-order valence-corrected chi connectivity index (χ3v) is 3.24. The SMILES string of the molecule is Cc1cc(F)c(N2COc3ccc(F)cc3C2)c(F)c1. The van der Waals surface area contributed by atoms with E-state index in [2.05, 4.69) is 0 Å². The molecule has 1 heterocycles. The maximum absolute atomic E-state index is 13.9. The first-order valence-corrected chi connectivity index (χ1v) is 6.16. The molecule has 0 saturated heterocycles. The number of fused-ring (bicyclic) bond motifs is 1. The molecular formula is C15H12F3NO. The van der Waals surface area contributed by atoms with Crippen molar-refractivity contribution in [1.82, 2.24) is 0 Å². The molecule has 0 spiro atoms. The molecule has 2 aromatic rings. The largest absolute Gasteiger partial charge is 0.473 e. The monoisotopic (exact) mass is 279 g/mol. The Morgan fingerprint density at radius 3 is 2.45 bits per heavy atom. The first-order chi connectivity index (χ1) is 9.54. The molecule has 20 heavy (non-hydrogen) atoms. The summed E-state index contributed by atoms with van der Waals surface area (Å²) in [7, 11) is 0. The van der Waals surface area contributed by atoms with E-state index in [0.29, 0.717) is 16.9 Å². The Kier molecular flexibility index (Phi) is 3.04. The van der Waals surface area contributed by atoms with Crippen LogP contribution in [-0.2, 0) is 6.54 Å². The maximum Gasteiger partial charge on any atom is 0.161 e. The second-order valence-electron chi connectivity index (χ2n) is 4.80. The van der Waals surface area contributed by atoms with E-state index in [1.54, 1.807) is 6.92 Å². The van der Waals surface area contributed by atoms with Gasteiger partial charge in [0.15, 0.2) is 6.73 Å². The number of nitrogens with zero attached hydrogens (tertiary/aromatic N) is 1. The number of ether oxygens (including phenoxy) is 1. The van der Waals surface area contributed by atoms with E-state index in [4.69, 9.17) is 4.74 Å². The van der Waals surface area contributed by atoms with Crippen molar-refractivity contribution in [2.45, 2.75) is 13.5 Å². The van der Waals surface area contributed by atoms with Gasteiger partial charge in [0, 0.05) is 5.56 Å². The predicted octanol–water partition coefficient (Wildman–Crippen LogP) is 3.77. The predicted molar refractivity (Wildman–Crippen MR) is 69.2 cm³/mol. The summed E-state index contributed by atoms with van der Waals surface area (Å²) in [5.41, 5.74) is 0.925. The van der Waals surface area contributed by atoms with Gasteiger partial charge in [-0.2, -0.15) is 0 Å². The molecule has 0 atom stereocenters. The summed E-state index contributed by atoms with van der Waals surface area (Å²) < 4.78 is 46.5. The fourth-order valence-electron chi connectivity index (χ4n) is 2.35. The molecular weight excluding hydrogens is 267 g/mol. The summed E-state index contributed by atoms with van der Waals surface area (Å²) in [5.74, 6) is -1.16. The van der Waals surface area contributed by atoms with Crippen LogP contribution >= 0.6 is 0 Å². The lowest BCUT2D eigenvalue weighted by atomic mass is 10.1. The van der Waals surface area contributed by atoms with E-state index in [0.717, 1.165) is 0 Å². The van der Waals surface area contributed by atoms with Crippen LogP contribution < -0.4 is 9.64 Å². The van der Waals surface area contributed by atoms with Crippen molar-refractivity contribution in [3.05, 3.63) is 58.9 Å². The van der Waals surface area contributed by atoms with Crippen molar-refractivity contribution in [2.24, 2.45) is 0 Å². The smallest absolute Gasteiger partial charge is 0.161 e. The van der Waals surface area contributed by atoms with Crippen LogP contribution in [0.15, 0.2) is 30.3 Å². The highest BCUT2D eigenvalue weighted by Crippen LogP contribution is 2.32. The van der Waals surface area contributed by atoms with Crippen LogP contribution in [0.3, 0.4) is 0 Å². The molecule has 0 aliphatic carbocycles. The molecule has 0 bridgehead atoms. The van der Waals surface area contributed by atoms with Gasteiger partial charge in [-0.05, 0) is 42.8 Å². The molecule has 1 aliphatic heterocycles. The van der Waals surface area contributed by atoms with Crippen LogP contribution in [0.1, 0.15) is 11.1 Å². The van der Waals surface area contributed by atoms with Gasteiger partial charge in [0.1, 0.15) is 28.9 Å². The zero-order chi connectivity index (χ0) is 14.3. The number of halogens is 3. The highest BCUT2D eigenvalue weighted by molar-refractivity contribution is 5.53. The lowest BCUT2D eigenvalue weighted by Crippen LogP contribution is -2.33. The number of hydrogen-bond acceptors (Lipinski definition) is 2. The van der Waals surface area contributed by atoms with Crippen LogP contribution in [-0.4, -0.2) is 6.73 Å². The quantitative estimate of drug-likeness (QED) is 0.788. The Hall–Kier alpha value is -2.17. The Labute approximate surface area is 114 Å². The van der Waals surface area contributed by atoms with Crippen molar-refractivity contribution in [3.8, 4) is 5.75 Å². The van der Waals surface area contributed by atoms with Gasteiger partial charge < -0.3 is 9.64 Å². The van der Waals surface area contributed by atoms with Crippen LogP contribution in [0.2, 0.25) is 0 Å². The molecule has 2 nitrogen and oxygen atoms in total. The number of aryl methyl sites for hydroxylation is 1. The zero-order valence-corrected chi connectivity index (χ0v) is 10.8. The third-order valence-electron chi connectivity index (χ3n) is 3.24. The Balaban J connectivity index is 1.98. The Morgan fingerprint density at radius 1 is 1.05 bits per heavy atom. The summed E-state index contributed by atoms with van der Waals surface area (Å²) in [5, 5.41) is 0. The number of benzene rings is 2.